The normalized spacial score (nSPS) is 18.8. The summed E-state index contributed by atoms with van der Waals surface area (Å²) in [6, 6.07) is 5.99. The van der Waals surface area contributed by atoms with Crippen molar-refractivity contribution in [3.63, 3.8) is 0 Å². The van der Waals surface area contributed by atoms with Gasteiger partial charge in [-0.25, -0.2) is 13.2 Å². The quantitative estimate of drug-likeness (QED) is 0.536. The highest BCUT2D eigenvalue weighted by atomic mass is 32.2. The van der Waals surface area contributed by atoms with E-state index in [1.807, 2.05) is 0 Å². The summed E-state index contributed by atoms with van der Waals surface area (Å²) in [5, 5.41) is 3.41. The van der Waals surface area contributed by atoms with E-state index in [2.05, 4.69) is 26.1 Å². The maximum atomic E-state index is 13.1. The van der Waals surface area contributed by atoms with Gasteiger partial charge in [0.25, 0.3) is 5.91 Å². The van der Waals surface area contributed by atoms with Crippen molar-refractivity contribution in [1.29, 1.82) is 0 Å². The summed E-state index contributed by atoms with van der Waals surface area (Å²) in [5.74, 6) is -0.300. The molecule has 0 saturated carbocycles. The Morgan fingerprint density at radius 3 is 2.40 bits per heavy atom. The molecule has 1 aromatic heterocycles. The standard InChI is InChI=1S/C26H34N2O5S2/c1-5-33-25(30)22-20-13-10-18(26(2,3)4)16-21(20)34-24(22)27-23(29)17-8-11-19(12-9-17)35(31,32)28-14-6-7-15-28/h8-9,11-12,18H,5-7,10,13-16H2,1-4H3,(H,27,29). The van der Waals surface area contributed by atoms with Crippen molar-refractivity contribution >= 4 is 38.2 Å². The number of hydrogen-bond acceptors (Lipinski definition) is 6. The average molecular weight is 519 g/mol. The van der Waals surface area contributed by atoms with Crippen LogP contribution in [0.4, 0.5) is 5.00 Å². The second-order valence-electron chi connectivity index (χ2n) is 10.3. The number of nitrogens with zero attached hydrogens (tertiary/aromatic N) is 1. The van der Waals surface area contributed by atoms with Crippen LogP contribution in [0.15, 0.2) is 29.2 Å². The lowest BCUT2D eigenvalue weighted by Crippen LogP contribution is -2.27. The number of carbonyl (C=O) groups excluding carboxylic acids is 2. The zero-order valence-corrected chi connectivity index (χ0v) is 22.5. The number of hydrogen-bond donors (Lipinski definition) is 1. The molecule has 2 aliphatic rings. The summed E-state index contributed by atoms with van der Waals surface area (Å²) in [6.45, 7) is 9.79. The summed E-state index contributed by atoms with van der Waals surface area (Å²) in [6.07, 6.45) is 4.36. The number of carbonyl (C=O) groups is 2. The predicted molar refractivity (Wildman–Crippen MR) is 138 cm³/mol. The first kappa shape index (κ1) is 25.9. The second kappa shape index (κ2) is 10.0. The van der Waals surface area contributed by atoms with E-state index in [0.717, 1.165) is 42.5 Å². The summed E-state index contributed by atoms with van der Waals surface area (Å²) in [7, 11) is -3.54. The molecule has 1 amide bonds. The smallest absolute Gasteiger partial charge is 0.341 e. The fourth-order valence-corrected chi connectivity index (χ4v) is 7.69. The van der Waals surface area contributed by atoms with E-state index < -0.39 is 16.0 Å². The Bertz CT molecular complexity index is 1200. The molecule has 2 aromatic rings. The number of thiophene rings is 1. The first-order valence-corrected chi connectivity index (χ1v) is 14.5. The summed E-state index contributed by atoms with van der Waals surface area (Å²) in [4.78, 5) is 27.2. The van der Waals surface area contributed by atoms with Gasteiger partial charge in [0.2, 0.25) is 10.0 Å². The van der Waals surface area contributed by atoms with Crippen molar-refractivity contribution in [2.75, 3.05) is 25.0 Å². The lowest BCUT2D eigenvalue weighted by molar-refractivity contribution is 0.0526. The Morgan fingerprint density at radius 1 is 1.14 bits per heavy atom. The molecule has 35 heavy (non-hydrogen) atoms. The summed E-state index contributed by atoms with van der Waals surface area (Å²) < 4.78 is 32.3. The van der Waals surface area contributed by atoms with Crippen LogP contribution in [-0.2, 0) is 27.6 Å². The highest BCUT2D eigenvalue weighted by Gasteiger charge is 2.34. The van der Waals surface area contributed by atoms with Gasteiger partial charge in [-0.2, -0.15) is 4.31 Å². The lowest BCUT2D eigenvalue weighted by atomic mass is 9.72. The topological polar surface area (TPSA) is 92.8 Å². The predicted octanol–water partition coefficient (Wildman–Crippen LogP) is 5.11. The molecule has 2 heterocycles. The average Bonchev–Trinajstić information content (AvgIpc) is 3.46. The van der Waals surface area contributed by atoms with Crippen LogP contribution in [0, 0.1) is 11.3 Å². The van der Waals surface area contributed by atoms with Gasteiger partial charge in [0.15, 0.2) is 0 Å². The van der Waals surface area contributed by atoms with Crippen LogP contribution in [-0.4, -0.2) is 44.3 Å². The van der Waals surface area contributed by atoms with E-state index in [1.54, 1.807) is 6.92 Å². The number of benzene rings is 1. The number of anilines is 1. The fourth-order valence-electron chi connectivity index (χ4n) is 4.86. The molecule has 1 aliphatic carbocycles. The molecule has 7 nitrogen and oxygen atoms in total. The SMILES string of the molecule is CCOC(=O)c1c(NC(=O)c2ccc(S(=O)(=O)N3CCCC3)cc2)sc2c1CCC(C(C)(C)C)C2. The highest BCUT2D eigenvalue weighted by molar-refractivity contribution is 7.89. The number of ether oxygens (including phenoxy) is 1. The number of fused-ring (bicyclic) bond motifs is 1. The van der Waals surface area contributed by atoms with Gasteiger partial charge in [0.1, 0.15) is 5.00 Å². The molecule has 0 spiro atoms. The van der Waals surface area contributed by atoms with Crippen LogP contribution in [0.1, 0.15) is 78.1 Å². The number of rotatable bonds is 6. The van der Waals surface area contributed by atoms with E-state index >= 15 is 0 Å². The van der Waals surface area contributed by atoms with E-state index in [9.17, 15) is 18.0 Å². The summed E-state index contributed by atoms with van der Waals surface area (Å²) in [5.41, 5.74) is 1.93. The van der Waals surface area contributed by atoms with Crippen molar-refractivity contribution in [3.8, 4) is 0 Å². The Labute approximate surface area is 211 Å². The molecule has 1 aliphatic heterocycles. The zero-order chi connectivity index (χ0) is 25.4. The Balaban J connectivity index is 1.58. The minimum atomic E-state index is -3.54. The molecule has 0 bridgehead atoms. The third-order valence-electron chi connectivity index (χ3n) is 7.02. The number of esters is 1. The van der Waals surface area contributed by atoms with Crippen LogP contribution >= 0.6 is 11.3 Å². The maximum absolute atomic E-state index is 13.1. The van der Waals surface area contributed by atoms with Crippen LogP contribution < -0.4 is 5.32 Å². The van der Waals surface area contributed by atoms with E-state index in [4.69, 9.17) is 4.74 Å². The van der Waals surface area contributed by atoms with E-state index in [0.29, 0.717) is 35.1 Å². The maximum Gasteiger partial charge on any atom is 0.341 e. The van der Waals surface area contributed by atoms with Crippen molar-refractivity contribution in [2.24, 2.45) is 11.3 Å². The summed E-state index contributed by atoms with van der Waals surface area (Å²) >= 11 is 1.45. The number of amides is 1. The first-order chi connectivity index (χ1) is 16.5. The van der Waals surface area contributed by atoms with Gasteiger partial charge in [0.05, 0.1) is 17.1 Å². The molecule has 4 rings (SSSR count). The minimum absolute atomic E-state index is 0.159. The van der Waals surface area contributed by atoms with Gasteiger partial charge in [0, 0.05) is 23.5 Å². The monoisotopic (exact) mass is 518 g/mol. The molecule has 1 atom stereocenters. The van der Waals surface area contributed by atoms with Gasteiger partial charge in [-0.3, -0.25) is 4.79 Å². The molecule has 1 unspecified atom stereocenters. The van der Waals surface area contributed by atoms with Crippen LogP contribution in [0.2, 0.25) is 0 Å². The molecule has 1 aromatic carbocycles. The van der Waals surface area contributed by atoms with Gasteiger partial charge >= 0.3 is 5.97 Å². The molecular weight excluding hydrogens is 484 g/mol. The van der Waals surface area contributed by atoms with Crippen molar-refractivity contribution in [3.05, 3.63) is 45.8 Å². The van der Waals surface area contributed by atoms with E-state index in [1.165, 1.54) is 39.9 Å². The Kier molecular flexibility index (Phi) is 7.41. The molecule has 0 radical (unpaired) electrons. The van der Waals surface area contributed by atoms with Crippen LogP contribution in [0.25, 0.3) is 0 Å². The molecule has 190 valence electrons. The molecule has 1 N–H and O–H groups in total. The largest absolute Gasteiger partial charge is 0.462 e. The van der Waals surface area contributed by atoms with Crippen molar-refractivity contribution < 1.29 is 22.7 Å². The van der Waals surface area contributed by atoms with Crippen molar-refractivity contribution in [2.45, 2.75) is 64.7 Å². The first-order valence-electron chi connectivity index (χ1n) is 12.3. The third-order valence-corrected chi connectivity index (χ3v) is 10.1. The Hall–Kier alpha value is -2.23. The Morgan fingerprint density at radius 2 is 1.80 bits per heavy atom. The van der Waals surface area contributed by atoms with Crippen LogP contribution in [0.3, 0.4) is 0 Å². The molecule has 1 fully saturated rings. The van der Waals surface area contributed by atoms with Gasteiger partial charge in [-0.15, -0.1) is 11.3 Å². The lowest BCUT2D eigenvalue weighted by Gasteiger charge is -2.33. The third kappa shape index (κ3) is 5.32. The van der Waals surface area contributed by atoms with Gasteiger partial charge < -0.3 is 10.1 Å². The number of nitrogens with one attached hydrogen (secondary N) is 1. The number of sulfonamides is 1. The van der Waals surface area contributed by atoms with Crippen molar-refractivity contribution in [1.82, 2.24) is 4.31 Å². The van der Waals surface area contributed by atoms with Gasteiger partial charge in [-0.05, 0) is 80.2 Å². The highest BCUT2D eigenvalue weighted by Crippen LogP contribution is 2.44. The second-order valence-corrected chi connectivity index (χ2v) is 13.4. The van der Waals surface area contributed by atoms with Gasteiger partial charge in [-0.1, -0.05) is 20.8 Å². The van der Waals surface area contributed by atoms with Crippen LogP contribution in [0.5, 0.6) is 0 Å². The molecule has 9 heteroatoms. The molecular formula is C26H34N2O5S2. The minimum Gasteiger partial charge on any atom is -0.462 e. The van der Waals surface area contributed by atoms with E-state index in [-0.39, 0.29) is 22.8 Å². The molecule has 1 saturated heterocycles. The fraction of sp³-hybridized carbons (Fsp3) is 0.538. The zero-order valence-electron chi connectivity index (χ0n) is 20.8.